The van der Waals surface area contributed by atoms with Gasteiger partial charge in [0.2, 0.25) is 5.09 Å². The molecule has 3 aromatic rings. The minimum atomic E-state index is -3.95. The van der Waals surface area contributed by atoms with E-state index in [1.54, 1.807) is 36.4 Å². The number of para-hydroxylation sites is 2. The van der Waals surface area contributed by atoms with Crippen LogP contribution in [-0.2, 0) is 10.0 Å². The normalized spacial score (nSPS) is 11.5. The molecular weight excluding hydrogens is 316 g/mol. The van der Waals surface area contributed by atoms with Crippen LogP contribution in [0, 0.1) is 0 Å². The SMILES string of the molecule is CN(c1ccccc1C(N)=O)S(=O)(=O)c1cc2ccccc2o1. The van der Waals surface area contributed by atoms with E-state index in [1.165, 1.54) is 25.2 Å². The fourth-order valence-electron chi connectivity index (χ4n) is 2.31. The fourth-order valence-corrected chi connectivity index (χ4v) is 3.46. The van der Waals surface area contributed by atoms with Crippen LogP contribution in [0.3, 0.4) is 0 Å². The zero-order valence-corrected chi connectivity index (χ0v) is 13.1. The molecule has 3 rings (SSSR count). The lowest BCUT2D eigenvalue weighted by Crippen LogP contribution is -2.28. The molecule has 7 heteroatoms. The Morgan fingerprint density at radius 1 is 1.09 bits per heavy atom. The smallest absolute Gasteiger partial charge is 0.297 e. The van der Waals surface area contributed by atoms with Gasteiger partial charge in [-0.05, 0) is 18.2 Å². The van der Waals surface area contributed by atoms with Gasteiger partial charge in [0.1, 0.15) is 5.58 Å². The first-order chi connectivity index (χ1) is 10.9. The first kappa shape index (κ1) is 15.1. The number of anilines is 1. The van der Waals surface area contributed by atoms with E-state index in [4.69, 9.17) is 10.2 Å². The summed E-state index contributed by atoms with van der Waals surface area (Å²) in [7, 11) is -2.60. The van der Waals surface area contributed by atoms with Crippen molar-refractivity contribution < 1.29 is 17.6 Å². The molecule has 0 atom stereocenters. The number of hydrogen-bond acceptors (Lipinski definition) is 4. The molecule has 2 aromatic carbocycles. The van der Waals surface area contributed by atoms with Gasteiger partial charge in [-0.3, -0.25) is 9.10 Å². The maximum Gasteiger partial charge on any atom is 0.297 e. The third-order valence-corrected chi connectivity index (χ3v) is 5.15. The van der Waals surface area contributed by atoms with Crippen LogP contribution < -0.4 is 10.0 Å². The monoisotopic (exact) mass is 330 g/mol. The summed E-state index contributed by atoms with van der Waals surface area (Å²) in [5, 5.41) is 0.489. The van der Waals surface area contributed by atoms with Gasteiger partial charge in [0.25, 0.3) is 15.9 Å². The van der Waals surface area contributed by atoms with Crippen molar-refractivity contribution in [3.05, 3.63) is 60.2 Å². The first-order valence-electron chi connectivity index (χ1n) is 6.77. The highest BCUT2D eigenvalue weighted by atomic mass is 32.2. The summed E-state index contributed by atoms with van der Waals surface area (Å²) in [5.41, 5.74) is 6.10. The van der Waals surface area contributed by atoms with Crippen molar-refractivity contribution in [3.8, 4) is 0 Å². The predicted octanol–water partition coefficient (Wildman–Crippen LogP) is 2.36. The number of amides is 1. The average molecular weight is 330 g/mol. The van der Waals surface area contributed by atoms with Crippen molar-refractivity contribution in [2.75, 3.05) is 11.4 Å². The Kier molecular flexibility index (Phi) is 3.57. The molecule has 0 radical (unpaired) electrons. The second-order valence-corrected chi connectivity index (χ2v) is 6.86. The van der Waals surface area contributed by atoms with E-state index in [1.807, 2.05) is 0 Å². The third-order valence-electron chi connectivity index (χ3n) is 3.53. The zero-order chi connectivity index (χ0) is 16.6. The summed E-state index contributed by atoms with van der Waals surface area (Å²) in [6.45, 7) is 0. The fraction of sp³-hybridized carbons (Fsp3) is 0.0625. The van der Waals surface area contributed by atoms with Crippen molar-refractivity contribution >= 4 is 32.6 Å². The molecule has 0 saturated carbocycles. The van der Waals surface area contributed by atoms with Crippen LogP contribution in [0.1, 0.15) is 10.4 Å². The molecule has 0 unspecified atom stereocenters. The number of nitrogens with two attached hydrogens (primary N) is 1. The third kappa shape index (κ3) is 2.55. The lowest BCUT2D eigenvalue weighted by Gasteiger charge is -2.19. The van der Waals surface area contributed by atoms with E-state index in [0.29, 0.717) is 11.0 Å². The van der Waals surface area contributed by atoms with Gasteiger partial charge in [-0.2, -0.15) is 8.42 Å². The Hall–Kier alpha value is -2.80. The predicted molar refractivity (Wildman–Crippen MR) is 86.8 cm³/mol. The van der Waals surface area contributed by atoms with Crippen LogP contribution >= 0.6 is 0 Å². The number of fused-ring (bicyclic) bond motifs is 1. The summed E-state index contributed by atoms with van der Waals surface area (Å²) in [6, 6.07) is 14.7. The Morgan fingerprint density at radius 2 is 1.74 bits per heavy atom. The Morgan fingerprint density at radius 3 is 2.43 bits per heavy atom. The van der Waals surface area contributed by atoms with Gasteiger partial charge in [0.05, 0.1) is 11.3 Å². The second-order valence-electron chi connectivity index (χ2n) is 4.96. The van der Waals surface area contributed by atoms with Gasteiger partial charge >= 0.3 is 0 Å². The second kappa shape index (κ2) is 5.44. The van der Waals surface area contributed by atoms with Crippen molar-refractivity contribution in [3.63, 3.8) is 0 Å². The highest BCUT2D eigenvalue weighted by Crippen LogP contribution is 2.29. The van der Waals surface area contributed by atoms with Gasteiger partial charge in [-0.1, -0.05) is 30.3 Å². The number of furan rings is 1. The number of sulfonamides is 1. The summed E-state index contributed by atoms with van der Waals surface area (Å²) in [6.07, 6.45) is 0. The lowest BCUT2D eigenvalue weighted by molar-refractivity contribution is 0.100. The van der Waals surface area contributed by atoms with Crippen LogP contribution in [0.15, 0.2) is 64.1 Å². The van der Waals surface area contributed by atoms with Crippen molar-refractivity contribution in [1.82, 2.24) is 0 Å². The molecule has 2 N–H and O–H groups in total. The zero-order valence-electron chi connectivity index (χ0n) is 12.3. The van der Waals surface area contributed by atoms with Crippen molar-refractivity contribution in [2.45, 2.75) is 5.09 Å². The highest BCUT2D eigenvalue weighted by Gasteiger charge is 2.27. The van der Waals surface area contributed by atoms with E-state index in [9.17, 15) is 13.2 Å². The number of primary amides is 1. The summed E-state index contributed by atoms with van der Waals surface area (Å²) in [4.78, 5) is 11.5. The largest absolute Gasteiger partial charge is 0.443 e. The number of carbonyl (C=O) groups is 1. The maximum atomic E-state index is 12.8. The quantitative estimate of drug-likeness (QED) is 0.794. The van der Waals surface area contributed by atoms with Crippen molar-refractivity contribution in [1.29, 1.82) is 0 Å². The van der Waals surface area contributed by atoms with E-state index >= 15 is 0 Å². The highest BCUT2D eigenvalue weighted by molar-refractivity contribution is 7.92. The average Bonchev–Trinajstić information content (AvgIpc) is 2.99. The molecule has 1 heterocycles. The van der Waals surface area contributed by atoms with Gasteiger partial charge < -0.3 is 10.2 Å². The van der Waals surface area contributed by atoms with Gasteiger partial charge in [-0.15, -0.1) is 0 Å². The van der Waals surface area contributed by atoms with E-state index in [-0.39, 0.29) is 16.3 Å². The van der Waals surface area contributed by atoms with Crippen LogP contribution in [-0.4, -0.2) is 21.4 Å². The molecule has 118 valence electrons. The van der Waals surface area contributed by atoms with Crippen LogP contribution in [0.4, 0.5) is 5.69 Å². The molecule has 1 aromatic heterocycles. The molecule has 0 bridgehead atoms. The van der Waals surface area contributed by atoms with Crippen LogP contribution in [0.5, 0.6) is 0 Å². The minimum Gasteiger partial charge on any atom is -0.443 e. The molecular formula is C16H14N2O4S. The Labute approximate surface area is 133 Å². The molecule has 0 aliphatic rings. The number of rotatable bonds is 4. The van der Waals surface area contributed by atoms with Crippen LogP contribution in [0.2, 0.25) is 0 Å². The molecule has 6 nitrogen and oxygen atoms in total. The summed E-state index contributed by atoms with van der Waals surface area (Å²) < 4.78 is 31.9. The Bertz CT molecular complexity index is 959. The topological polar surface area (TPSA) is 93.6 Å². The maximum absolute atomic E-state index is 12.8. The van der Waals surface area contributed by atoms with Crippen molar-refractivity contribution in [2.24, 2.45) is 5.73 Å². The molecule has 1 amide bonds. The standard InChI is InChI=1S/C16H14N2O4S/c1-18(13-8-4-3-7-12(13)16(17)19)23(20,21)15-10-11-6-2-5-9-14(11)22-15/h2-10H,1H3,(H2,17,19). The Balaban J connectivity index is 2.11. The molecule has 0 aliphatic heterocycles. The number of nitrogens with zero attached hydrogens (tertiary/aromatic N) is 1. The minimum absolute atomic E-state index is 0.120. The van der Waals surface area contributed by atoms with Gasteiger partial charge in [0, 0.05) is 18.5 Å². The lowest BCUT2D eigenvalue weighted by atomic mass is 10.2. The molecule has 0 spiro atoms. The van der Waals surface area contributed by atoms with E-state index in [0.717, 1.165) is 4.31 Å². The van der Waals surface area contributed by atoms with Gasteiger partial charge in [-0.25, -0.2) is 0 Å². The van der Waals surface area contributed by atoms with E-state index < -0.39 is 15.9 Å². The summed E-state index contributed by atoms with van der Waals surface area (Å²) >= 11 is 0. The number of benzene rings is 2. The van der Waals surface area contributed by atoms with E-state index in [2.05, 4.69) is 0 Å². The summed E-state index contributed by atoms with van der Waals surface area (Å²) in [5.74, 6) is -0.702. The first-order valence-corrected chi connectivity index (χ1v) is 8.21. The molecule has 0 fully saturated rings. The number of hydrogen-bond donors (Lipinski definition) is 1. The number of carbonyl (C=O) groups excluding carboxylic acids is 1. The molecule has 23 heavy (non-hydrogen) atoms. The van der Waals surface area contributed by atoms with Gasteiger partial charge in [0.15, 0.2) is 0 Å². The molecule has 0 aliphatic carbocycles. The molecule has 0 saturated heterocycles. The van der Waals surface area contributed by atoms with Crippen LogP contribution in [0.25, 0.3) is 11.0 Å².